The van der Waals surface area contributed by atoms with Crippen molar-refractivity contribution in [1.82, 2.24) is 15.0 Å². The fourth-order valence-corrected chi connectivity index (χ4v) is 8.88. The van der Waals surface area contributed by atoms with Crippen molar-refractivity contribution in [2.24, 2.45) is 52.8 Å². The lowest BCUT2D eigenvalue weighted by Gasteiger charge is -2.57. The van der Waals surface area contributed by atoms with Crippen LogP contribution >= 0.6 is 0 Å². The minimum atomic E-state index is 0.203. The summed E-state index contributed by atoms with van der Waals surface area (Å²) in [5.41, 5.74) is 0.203. The van der Waals surface area contributed by atoms with Crippen molar-refractivity contribution in [2.75, 3.05) is 0 Å². The number of aromatic nitrogens is 3. The smallest absolute Gasteiger partial charge is 0.157 e. The van der Waals surface area contributed by atoms with Crippen LogP contribution in [0.2, 0.25) is 0 Å². The zero-order valence-electron chi connectivity index (χ0n) is 18.6. The van der Waals surface area contributed by atoms with E-state index in [0.717, 1.165) is 47.8 Å². The predicted molar refractivity (Wildman–Crippen MR) is 114 cm³/mol. The molecule has 29 heavy (non-hydrogen) atoms. The van der Waals surface area contributed by atoms with E-state index < -0.39 is 0 Å². The molecule has 0 amide bonds. The van der Waals surface area contributed by atoms with Crippen LogP contribution in [0.3, 0.4) is 0 Å². The van der Waals surface area contributed by atoms with Crippen LogP contribution in [0, 0.1) is 52.8 Å². The molecule has 4 fully saturated rings. The van der Waals surface area contributed by atoms with E-state index in [1.165, 1.54) is 51.4 Å². The fourth-order valence-electron chi connectivity index (χ4n) is 8.88. The molecule has 4 heteroatoms. The molecule has 9 unspecified atom stereocenters. The Morgan fingerprint density at radius 3 is 2.69 bits per heavy atom. The number of hydrogen-bond donors (Lipinski definition) is 0. The maximum absolute atomic E-state index is 13.4. The highest BCUT2D eigenvalue weighted by Crippen LogP contribution is 2.66. The van der Waals surface area contributed by atoms with Gasteiger partial charge in [-0.05, 0) is 91.8 Å². The molecule has 4 aliphatic carbocycles. The maximum atomic E-state index is 13.4. The van der Waals surface area contributed by atoms with Gasteiger partial charge < -0.3 is 0 Å². The number of rotatable bonds is 4. The molecule has 1 aromatic heterocycles. The minimum absolute atomic E-state index is 0.203. The molecule has 0 aliphatic heterocycles. The van der Waals surface area contributed by atoms with E-state index in [2.05, 4.69) is 31.1 Å². The molecule has 160 valence electrons. The number of fused-ring (bicyclic) bond motifs is 5. The zero-order chi connectivity index (χ0) is 20.2. The summed E-state index contributed by atoms with van der Waals surface area (Å²) in [5, 5.41) is 7.95. The molecule has 0 radical (unpaired) electrons. The molecule has 0 spiro atoms. The summed E-state index contributed by atoms with van der Waals surface area (Å²) >= 11 is 0. The molecule has 4 aliphatic rings. The van der Waals surface area contributed by atoms with Gasteiger partial charge >= 0.3 is 0 Å². The predicted octanol–water partition coefficient (Wildman–Crippen LogP) is 5.39. The first-order valence-electron chi connectivity index (χ1n) is 12.4. The fraction of sp³-hybridized carbons (Fsp3) is 0.880. The van der Waals surface area contributed by atoms with Crippen LogP contribution < -0.4 is 0 Å². The molecule has 1 heterocycles. The Morgan fingerprint density at radius 1 is 1.10 bits per heavy atom. The Labute approximate surface area is 176 Å². The lowest BCUT2D eigenvalue weighted by molar-refractivity contribution is -0.131. The van der Waals surface area contributed by atoms with Gasteiger partial charge in [-0.25, -0.2) is 4.68 Å². The summed E-state index contributed by atoms with van der Waals surface area (Å²) in [6.45, 7) is 7.73. The first-order chi connectivity index (χ1) is 14.0. The summed E-state index contributed by atoms with van der Waals surface area (Å²) < 4.78 is 1.72. The van der Waals surface area contributed by atoms with E-state index in [4.69, 9.17) is 0 Å². The molecular formula is C25H39N3O. The third-order valence-corrected chi connectivity index (χ3v) is 10.1. The molecule has 1 aromatic rings. The molecule has 4 saturated carbocycles. The molecule has 0 aromatic carbocycles. The first kappa shape index (κ1) is 19.8. The van der Waals surface area contributed by atoms with Gasteiger partial charge in [0.15, 0.2) is 5.78 Å². The van der Waals surface area contributed by atoms with E-state index in [1.54, 1.807) is 10.9 Å². The number of ketones is 1. The van der Waals surface area contributed by atoms with Gasteiger partial charge in [0.1, 0.15) is 6.54 Å². The molecule has 0 saturated heterocycles. The SMILES string of the molecule is CCC1CC(C(=O)Cn2ccnn2)C2(C)CCC3C4CCC(C)CC4CCC3C12. The largest absolute Gasteiger partial charge is 0.297 e. The Balaban J connectivity index is 1.39. The van der Waals surface area contributed by atoms with Gasteiger partial charge in [0.05, 0.1) is 6.20 Å². The Morgan fingerprint density at radius 2 is 1.93 bits per heavy atom. The van der Waals surface area contributed by atoms with Crippen LogP contribution in [-0.4, -0.2) is 20.8 Å². The van der Waals surface area contributed by atoms with Gasteiger partial charge in [-0.15, -0.1) is 5.10 Å². The number of carbonyl (C=O) groups is 1. The topological polar surface area (TPSA) is 47.8 Å². The first-order valence-corrected chi connectivity index (χ1v) is 12.4. The monoisotopic (exact) mass is 397 g/mol. The van der Waals surface area contributed by atoms with E-state index in [-0.39, 0.29) is 11.3 Å². The molecule has 0 bridgehead atoms. The second kappa shape index (κ2) is 7.50. The quantitative estimate of drug-likeness (QED) is 0.684. The normalized spacial score (nSPS) is 46.6. The summed E-state index contributed by atoms with van der Waals surface area (Å²) in [5.74, 6) is 6.84. The van der Waals surface area contributed by atoms with Crippen molar-refractivity contribution in [3.63, 3.8) is 0 Å². The van der Waals surface area contributed by atoms with Crippen LogP contribution in [0.25, 0.3) is 0 Å². The number of hydrogen-bond acceptors (Lipinski definition) is 3. The van der Waals surface area contributed by atoms with Gasteiger partial charge in [0, 0.05) is 12.1 Å². The third kappa shape index (κ3) is 3.20. The zero-order valence-corrected chi connectivity index (χ0v) is 18.6. The average molecular weight is 398 g/mol. The van der Waals surface area contributed by atoms with Gasteiger partial charge in [-0.1, -0.05) is 38.8 Å². The maximum Gasteiger partial charge on any atom is 0.157 e. The summed E-state index contributed by atoms with van der Waals surface area (Å²) in [6, 6.07) is 0. The third-order valence-electron chi connectivity index (χ3n) is 10.1. The van der Waals surface area contributed by atoms with Crippen molar-refractivity contribution in [3.8, 4) is 0 Å². The van der Waals surface area contributed by atoms with E-state index in [9.17, 15) is 4.79 Å². The van der Waals surface area contributed by atoms with Crippen LogP contribution in [0.5, 0.6) is 0 Å². The second-order valence-electron chi connectivity index (χ2n) is 11.3. The van der Waals surface area contributed by atoms with Gasteiger partial charge in [-0.2, -0.15) is 0 Å². The Hall–Kier alpha value is -1.19. The van der Waals surface area contributed by atoms with Crippen LogP contribution in [0.15, 0.2) is 12.4 Å². The minimum Gasteiger partial charge on any atom is -0.297 e. The molecular weight excluding hydrogens is 358 g/mol. The van der Waals surface area contributed by atoms with Crippen LogP contribution in [0.1, 0.15) is 78.6 Å². The van der Waals surface area contributed by atoms with Crippen molar-refractivity contribution >= 4 is 5.78 Å². The van der Waals surface area contributed by atoms with Gasteiger partial charge in [0.25, 0.3) is 0 Å². The average Bonchev–Trinajstić information content (AvgIpc) is 3.32. The Kier molecular flexibility index (Phi) is 5.11. The van der Waals surface area contributed by atoms with Gasteiger partial charge in [-0.3, -0.25) is 4.79 Å². The van der Waals surface area contributed by atoms with E-state index >= 15 is 0 Å². The standard InChI is InChI=1S/C25H39N3O/c1-4-17-14-22(23(29)15-28-12-11-26-27-28)25(3)10-9-20-19-7-5-16(2)13-18(19)6-8-21(20)24(17)25/h11-12,16-22,24H,4-10,13-15H2,1-3H3. The highest BCUT2D eigenvalue weighted by Gasteiger charge is 2.61. The highest BCUT2D eigenvalue weighted by atomic mass is 16.1. The number of Topliss-reactive ketones (excluding diaryl/α,β-unsaturated/α-hetero) is 1. The van der Waals surface area contributed by atoms with Gasteiger partial charge in [0.2, 0.25) is 0 Å². The Bertz CT molecular complexity index is 730. The summed E-state index contributed by atoms with van der Waals surface area (Å²) in [7, 11) is 0. The lowest BCUT2D eigenvalue weighted by atomic mass is 9.48. The van der Waals surface area contributed by atoms with E-state index in [0.29, 0.717) is 12.3 Å². The van der Waals surface area contributed by atoms with Crippen molar-refractivity contribution in [3.05, 3.63) is 12.4 Å². The molecule has 5 rings (SSSR count). The summed E-state index contributed by atoms with van der Waals surface area (Å²) in [6.07, 6.45) is 15.8. The van der Waals surface area contributed by atoms with E-state index in [1.807, 2.05) is 6.20 Å². The molecule has 9 atom stereocenters. The van der Waals surface area contributed by atoms with Crippen molar-refractivity contribution < 1.29 is 4.79 Å². The van der Waals surface area contributed by atoms with Crippen molar-refractivity contribution in [2.45, 2.75) is 85.1 Å². The number of nitrogens with zero attached hydrogens (tertiary/aromatic N) is 3. The number of carbonyl (C=O) groups excluding carboxylic acids is 1. The molecule has 4 nitrogen and oxygen atoms in total. The van der Waals surface area contributed by atoms with Crippen molar-refractivity contribution in [1.29, 1.82) is 0 Å². The molecule has 0 N–H and O–H groups in total. The van der Waals surface area contributed by atoms with Crippen LogP contribution in [0.4, 0.5) is 0 Å². The second-order valence-corrected chi connectivity index (χ2v) is 11.3. The lowest BCUT2D eigenvalue weighted by Crippen LogP contribution is -2.50. The summed E-state index contributed by atoms with van der Waals surface area (Å²) in [4.78, 5) is 13.4. The highest BCUT2D eigenvalue weighted by molar-refractivity contribution is 5.82. The van der Waals surface area contributed by atoms with Crippen LogP contribution in [-0.2, 0) is 11.3 Å².